The Labute approximate surface area is 171 Å². The Kier molecular flexibility index (Phi) is 6.20. The van der Waals surface area contributed by atoms with Crippen LogP contribution in [-0.4, -0.2) is 39.3 Å². The van der Waals surface area contributed by atoms with Crippen LogP contribution in [0.2, 0.25) is 0 Å². The van der Waals surface area contributed by atoms with Crippen LogP contribution in [0, 0.1) is 0 Å². The number of amides is 1. The molecule has 3 aromatic carbocycles. The number of carbonyl (C=O) groups is 1. The van der Waals surface area contributed by atoms with E-state index in [0.29, 0.717) is 0 Å². The molecule has 0 unspecified atom stereocenters. The van der Waals surface area contributed by atoms with E-state index in [2.05, 4.69) is 5.32 Å². The second-order valence-electron chi connectivity index (χ2n) is 6.83. The summed E-state index contributed by atoms with van der Waals surface area (Å²) >= 11 is 0. The van der Waals surface area contributed by atoms with E-state index in [-0.39, 0.29) is 23.4 Å². The maximum Gasteiger partial charge on any atom is 0.243 e. The molecule has 0 aliphatic heterocycles. The highest BCUT2D eigenvalue weighted by Crippen LogP contribution is 2.21. The number of likely N-dealkylation sites (N-methyl/N-ethyl adjacent to an activating group) is 1. The van der Waals surface area contributed by atoms with Crippen molar-refractivity contribution in [3.05, 3.63) is 72.3 Å². The van der Waals surface area contributed by atoms with Crippen LogP contribution in [0.1, 0.15) is 18.5 Å². The molecule has 0 radical (unpaired) electrons. The maximum atomic E-state index is 12.9. The van der Waals surface area contributed by atoms with Gasteiger partial charge in [-0.1, -0.05) is 42.5 Å². The molecule has 0 bridgehead atoms. The summed E-state index contributed by atoms with van der Waals surface area (Å²) in [6.45, 7) is 1.58. The van der Waals surface area contributed by atoms with Crippen LogP contribution >= 0.6 is 0 Å². The summed E-state index contributed by atoms with van der Waals surface area (Å²) < 4.78 is 31.9. The van der Waals surface area contributed by atoms with Crippen LogP contribution in [0.3, 0.4) is 0 Å². The van der Waals surface area contributed by atoms with Gasteiger partial charge in [-0.3, -0.25) is 4.79 Å². The number of fused-ring (bicyclic) bond motifs is 1. The van der Waals surface area contributed by atoms with Crippen molar-refractivity contribution in [3.8, 4) is 5.75 Å². The topological polar surface area (TPSA) is 75.7 Å². The molecule has 3 rings (SSSR count). The van der Waals surface area contributed by atoms with Gasteiger partial charge < -0.3 is 10.1 Å². The minimum Gasteiger partial charge on any atom is -0.497 e. The van der Waals surface area contributed by atoms with Gasteiger partial charge in [0.25, 0.3) is 0 Å². The molecule has 0 aromatic heterocycles. The number of benzene rings is 3. The summed E-state index contributed by atoms with van der Waals surface area (Å²) in [4.78, 5) is 12.6. The van der Waals surface area contributed by atoms with Crippen molar-refractivity contribution in [2.45, 2.75) is 17.9 Å². The number of hydrogen-bond acceptors (Lipinski definition) is 4. The van der Waals surface area contributed by atoms with Gasteiger partial charge in [-0.25, -0.2) is 8.42 Å². The SMILES string of the molecule is COc1ccc([C@H](C)NC(=O)CN(C)S(=O)(=O)c2ccc3ccccc3c2)cc1. The van der Waals surface area contributed by atoms with Gasteiger partial charge in [0.2, 0.25) is 15.9 Å². The van der Waals surface area contributed by atoms with Gasteiger partial charge in [-0.05, 0) is 47.5 Å². The lowest BCUT2D eigenvalue weighted by molar-refractivity contribution is -0.121. The molecule has 0 heterocycles. The Balaban J connectivity index is 1.68. The molecular formula is C22H24N2O4S. The summed E-state index contributed by atoms with van der Waals surface area (Å²) in [5.41, 5.74) is 0.902. The number of hydrogen-bond donors (Lipinski definition) is 1. The minimum absolute atomic E-state index is 0.162. The molecule has 6 nitrogen and oxygen atoms in total. The number of nitrogens with zero attached hydrogens (tertiary/aromatic N) is 1. The summed E-state index contributed by atoms with van der Waals surface area (Å²) in [7, 11) is -0.785. The lowest BCUT2D eigenvalue weighted by atomic mass is 10.1. The average molecular weight is 413 g/mol. The standard InChI is InChI=1S/C22H24N2O4S/c1-16(17-8-11-20(28-3)12-9-17)23-22(25)15-24(2)29(26,27)21-13-10-18-6-4-5-7-19(18)14-21/h4-14,16H,15H2,1-3H3,(H,23,25)/t16-/m0/s1. The summed E-state index contributed by atoms with van der Waals surface area (Å²) in [5.74, 6) is 0.355. The molecule has 0 spiro atoms. The minimum atomic E-state index is -3.78. The highest BCUT2D eigenvalue weighted by molar-refractivity contribution is 7.89. The number of carbonyl (C=O) groups excluding carboxylic acids is 1. The van der Waals surface area contributed by atoms with Gasteiger partial charge in [-0.15, -0.1) is 0 Å². The molecular weight excluding hydrogens is 388 g/mol. The predicted octanol–water partition coefficient (Wildman–Crippen LogP) is 3.35. The van der Waals surface area contributed by atoms with Crippen molar-refractivity contribution >= 4 is 26.7 Å². The predicted molar refractivity (Wildman–Crippen MR) is 113 cm³/mol. The molecule has 7 heteroatoms. The van der Waals surface area contributed by atoms with E-state index in [1.54, 1.807) is 25.3 Å². The molecule has 0 saturated carbocycles. The smallest absolute Gasteiger partial charge is 0.243 e. The normalized spacial score (nSPS) is 12.7. The second kappa shape index (κ2) is 8.63. The first-order valence-corrected chi connectivity index (χ1v) is 10.6. The lowest BCUT2D eigenvalue weighted by Crippen LogP contribution is -2.39. The van der Waals surface area contributed by atoms with Crippen LogP contribution < -0.4 is 10.1 Å². The zero-order chi connectivity index (χ0) is 21.0. The zero-order valence-electron chi connectivity index (χ0n) is 16.6. The van der Waals surface area contributed by atoms with Crippen molar-refractivity contribution < 1.29 is 17.9 Å². The van der Waals surface area contributed by atoms with Crippen LogP contribution in [0.15, 0.2) is 71.6 Å². The number of methoxy groups -OCH3 is 1. The number of rotatable bonds is 7. The fourth-order valence-corrected chi connectivity index (χ4v) is 4.22. The van der Waals surface area contributed by atoms with Gasteiger partial charge in [0, 0.05) is 7.05 Å². The maximum absolute atomic E-state index is 12.9. The summed E-state index contributed by atoms with van der Waals surface area (Å²) in [6, 6.07) is 19.6. The quantitative estimate of drug-likeness (QED) is 0.646. The Morgan fingerprint density at radius 3 is 2.34 bits per heavy atom. The summed E-state index contributed by atoms with van der Waals surface area (Å²) in [5, 5.41) is 4.62. The van der Waals surface area contributed by atoms with Gasteiger partial charge in [-0.2, -0.15) is 4.31 Å². The Morgan fingerprint density at radius 1 is 1.03 bits per heavy atom. The summed E-state index contributed by atoms with van der Waals surface area (Å²) in [6.07, 6.45) is 0. The molecule has 1 N–H and O–H groups in total. The third kappa shape index (κ3) is 4.75. The number of ether oxygens (including phenoxy) is 1. The van der Waals surface area contributed by atoms with Crippen molar-refractivity contribution in [1.29, 1.82) is 0 Å². The Bertz CT molecular complexity index is 1110. The van der Waals surface area contributed by atoms with E-state index in [1.807, 2.05) is 55.5 Å². The highest BCUT2D eigenvalue weighted by Gasteiger charge is 2.24. The molecule has 29 heavy (non-hydrogen) atoms. The molecule has 0 aliphatic rings. The first-order chi connectivity index (χ1) is 13.8. The molecule has 0 saturated heterocycles. The zero-order valence-corrected chi connectivity index (χ0v) is 17.4. The van der Waals surface area contributed by atoms with Crippen molar-refractivity contribution in [2.75, 3.05) is 20.7 Å². The van der Waals surface area contributed by atoms with Gasteiger partial charge in [0.1, 0.15) is 5.75 Å². The third-order valence-electron chi connectivity index (χ3n) is 4.79. The highest BCUT2D eigenvalue weighted by atomic mass is 32.2. The van der Waals surface area contributed by atoms with E-state index in [1.165, 1.54) is 7.05 Å². The molecule has 152 valence electrons. The van der Waals surface area contributed by atoms with Crippen molar-refractivity contribution in [2.24, 2.45) is 0 Å². The Hall–Kier alpha value is -2.90. The molecule has 0 aliphatic carbocycles. The monoisotopic (exact) mass is 412 g/mol. The van der Waals surface area contributed by atoms with E-state index in [0.717, 1.165) is 26.4 Å². The van der Waals surface area contributed by atoms with Crippen molar-refractivity contribution in [3.63, 3.8) is 0 Å². The average Bonchev–Trinajstić information content (AvgIpc) is 2.73. The van der Waals surface area contributed by atoms with Crippen LogP contribution in [0.5, 0.6) is 5.75 Å². The largest absolute Gasteiger partial charge is 0.497 e. The number of sulfonamides is 1. The molecule has 0 fully saturated rings. The van der Waals surface area contributed by atoms with Gasteiger partial charge in [0.05, 0.1) is 24.6 Å². The first kappa shape index (κ1) is 20.8. The van der Waals surface area contributed by atoms with Gasteiger partial charge in [0.15, 0.2) is 0 Å². The number of nitrogens with one attached hydrogen (secondary N) is 1. The second-order valence-corrected chi connectivity index (χ2v) is 8.88. The van der Waals surface area contributed by atoms with Crippen LogP contribution in [-0.2, 0) is 14.8 Å². The molecule has 1 atom stereocenters. The lowest BCUT2D eigenvalue weighted by Gasteiger charge is -2.20. The first-order valence-electron chi connectivity index (χ1n) is 9.19. The Morgan fingerprint density at radius 2 is 1.69 bits per heavy atom. The van der Waals surface area contributed by atoms with E-state index < -0.39 is 10.0 Å². The van der Waals surface area contributed by atoms with E-state index in [4.69, 9.17) is 4.74 Å². The van der Waals surface area contributed by atoms with E-state index in [9.17, 15) is 13.2 Å². The fraction of sp³-hybridized carbons (Fsp3) is 0.227. The third-order valence-corrected chi connectivity index (χ3v) is 6.59. The van der Waals surface area contributed by atoms with Crippen LogP contribution in [0.4, 0.5) is 0 Å². The van der Waals surface area contributed by atoms with E-state index >= 15 is 0 Å². The van der Waals surface area contributed by atoms with Crippen LogP contribution in [0.25, 0.3) is 10.8 Å². The molecule has 1 amide bonds. The molecule has 3 aromatic rings. The van der Waals surface area contributed by atoms with Gasteiger partial charge >= 0.3 is 0 Å². The fourth-order valence-electron chi connectivity index (χ4n) is 3.06. The van der Waals surface area contributed by atoms with Crippen molar-refractivity contribution in [1.82, 2.24) is 9.62 Å².